The van der Waals surface area contributed by atoms with Crippen LogP contribution in [0.3, 0.4) is 0 Å². The Labute approximate surface area is 545 Å². The SMILES string of the molecule is CC(=O)NCCCCC(NC(=O)C(CO)NC(=O)C(Cc1ccccc1)NC(=O)C(Cc1ccc(O)cc1)NC(=O)C(CCC(=O)O)NC(=O)C(CCCCN(C)C)NC(=O)CNC(=O)OCc1ccccc1)C(=O)Nc1ccc2c(c1)SC(C1=NC(C(=O)O)CS1)N2. The van der Waals surface area contributed by atoms with Crippen LogP contribution < -0.4 is 53.2 Å². The molecule has 0 aliphatic carbocycles. The maximum atomic E-state index is 14.8. The van der Waals surface area contributed by atoms with E-state index in [0.29, 0.717) is 65.4 Å². The molecule has 6 rings (SSSR count). The summed E-state index contributed by atoms with van der Waals surface area (Å²) in [7, 11) is 3.71. The van der Waals surface area contributed by atoms with E-state index in [1.807, 2.05) is 19.0 Å². The lowest BCUT2D eigenvalue weighted by atomic mass is 10.0. The lowest BCUT2D eigenvalue weighted by Gasteiger charge is -2.27. The number of carbonyl (C=O) groups is 11. The fourth-order valence-electron chi connectivity index (χ4n) is 9.57. The molecule has 500 valence electrons. The first kappa shape index (κ1) is 72.8. The van der Waals surface area contributed by atoms with Crippen LogP contribution in [0, 0.1) is 0 Å². The average Bonchev–Trinajstić information content (AvgIpc) is 1.69. The number of phenolic OH excluding ortho intramolecular Hbond substituents is 1. The van der Waals surface area contributed by atoms with Crippen LogP contribution in [-0.4, -0.2) is 189 Å². The number of fused-ring (bicyclic) bond motifs is 1. The molecule has 8 unspecified atom stereocenters. The number of nitrogens with one attached hydrogen (secondary N) is 10. The number of aliphatic carboxylic acids is 2. The summed E-state index contributed by atoms with van der Waals surface area (Å²) in [5.41, 5.74) is 2.68. The second-order valence-electron chi connectivity index (χ2n) is 22.3. The number of thioether (sulfide) groups is 2. The van der Waals surface area contributed by atoms with Crippen LogP contribution >= 0.6 is 23.5 Å². The van der Waals surface area contributed by atoms with Crippen molar-refractivity contribution in [3.8, 4) is 5.75 Å². The van der Waals surface area contributed by atoms with Gasteiger partial charge in [-0.3, -0.25) is 48.1 Å². The van der Waals surface area contributed by atoms with Crippen molar-refractivity contribution in [3.63, 3.8) is 0 Å². The van der Waals surface area contributed by atoms with Crippen molar-refractivity contribution in [2.45, 2.75) is 130 Å². The fourth-order valence-corrected chi connectivity index (χ4v) is 11.9. The van der Waals surface area contributed by atoms with E-state index in [-0.39, 0.29) is 55.9 Å². The van der Waals surface area contributed by atoms with Gasteiger partial charge in [-0.25, -0.2) is 9.59 Å². The van der Waals surface area contributed by atoms with Crippen molar-refractivity contribution in [3.05, 3.63) is 120 Å². The van der Waals surface area contributed by atoms with Crippen LogP contribution in [0.2, 0.25) is 0 Å². The van der Waals surface area contributed by atoms with E-state index in [4.69, 9.17) is 4.74 Å². The first-order valence-electron chi connectivity index (χ1n) is 30.1. The number of rotatable bonds is 37. The Bertz CT molecular complexity index is 3280. The molecule has 0 aromatic heterocycles. The standard InChI is InChI=1S/C63H80N12O16S2/c1-37(77)64-28-12-10-18-45(54(82)66-41-22-25-43-51(32-41)93-61(73-43)60-74-50(36-92-60)62(88)89)68-59(87)49(34-76)72-58(86)47(30-38-14-6-4-7-15-38)71-57(85)48(31-39-20-23-42(78)24-21-39)70-56(84)46(26-27-53(80)81)69-55(83)44(19-11-13-29-75(2)3)67-52(79)33-65-63(90)91-35-40-16-8-5-9-17-40/h4-9,14-17,20-25,32,44-50,61,73,76,78H,10-13,18-19,26-31,33-36H2,1-3H3,(H,64,77)(H,65,90)(H,66,82)(H,67,79)(H,68,87)(H,69,83)(H,70,84)(H,71,85)(H,72,86)(H,80,81)(H,88,89). The number of benzene rings is 4. The van der Waals surface area contributed by atoms with Crippen LogP contribution in [0.1, 0.15) is 75.0 Å². The van der Waals surface area contributed by atoms with Crippen molar-refractivity contribution < 1.29 is 77.9 Å². The molecule has 9 amide bonds. The number of ether oxygens (including phenoxy) is 1. The Hall–Kier alpha value is -9.26. The molecule has 93 heavy (non-hydrogen) atoms. The minimum absolute atomic E-state index is 0.0392. The predicted molar refractivity (Wildman–Crippen MR) is 347 cm³/mol. The quantitative estimate of drug-likeness (QED) is 0.0287. The van der Waals surface area contributed by atoms with Crippen molar-refractivity contribution >= 4 is 105 Å². The molecule has 28 nitrogen and oxygen atoms in total. The first-order valence-corrected chi connectivity index (χ1v) is 32.0. The smallest absolute Gasteiger partial charge is 0.407 e. The Balaban J connectivity index is 1.18. The van der Waals surface area contributed by atoms with Gasteiger partial charge in [-0.15, -0.1) is 11.8 Å². The monoisotopic (exact) mass is 1320 g/mol. The average molecular weight is 1330 g/mol. The van der Waals surface area contributed by atoms with Gasteiger partial charge in [0, 0.05) is 54.8 Å². The Kier molecular flexibility index (Phi) is 29.2. The molecular formula is C63H80N12O16S2. The largest absolute Gasteiger partial charge is 0.508 e. The minimum atomic E-state index is -1.72. The van der Waals surface area contributed by atoms with E-state index < -0.39 is 128 Å². The number of aliphatic hydroxyl groups is 1. The molecule has 0 fully saturated rings. The first-order chi connectivity index (χ1) is 44.5. The van der Waals surface area contributed by atoms with E-state index in [0.717, 1.165) is 10.6 Å². The topological polar surface area (TPSA) is 414 Å². The minimum Gasteiger partial charge on any atom is -0.508 e. The molecule has 30 heteroatoms. The van der Waals surface area contributed by atoms with E-state index in [2.05, 4.69) is 58.2 Å². The molecule has 0 spiro atoms. The molecule has 2 heterocycles. The lowest BCUT2D eigenvalue weighted by Crippen LogP contribution is -2.60. The number of alkyl carbamates (subject to hydrolysis) is 1. The molecule has 0 radical (unpaired) electrons. The zero-order valence-electron chi connectivity index (χ0n) is 51.6. The number of carbonyl (C=O) groups excluding carboxylic acids is 9. The normalized spacial score (nSPS) is 15.8. The Morgan fingerprint density at radius 1 is 0.634 bits per heavy atom. The summed E-state index contributed by atoms with van der Waals surface area (Å²) in [5.74, 6) is -8.78. The highest BCUT2D eigenvalue weighted by Gasteiger charge is 2.36. The number of carboxylic acids is 2. The number of carboxylic acid groups (broad SMARTS) is 2. The van der Waals surface area contributed by atoms with Crippen molar-refractivity contribution in [1.82, 2.24) is 47.4 Å². The van der Waals surface area contributed by atoms with Gasteiger partial charge < -0.3 is 83.2 Å². The number of aliphatic imine (C=N–C) groups is 1. The molecule has 2 aliphatic heterocycles. The molecule has 0 saturated carbocycles. The summed E-state index contributed by atoms with van der Waals surface area (Å²) in [6.07, 6.45) is -0.759. The van der Waals surface area contributed by atoms with Crippen LogP contribution in [0.25, 0.3) is 0 Å². The molecule has 2 aliphatic rings. The molecular weight excluding hydrogens is 1240 g/mol. The summed E-state index contributed by atoms with van der Waals surface area (Å²) in [6, 6.07) is 17.9. The van der Waals surface area contributed by atoms with E-state index >= 15 is 0 Å². The lowest BCUT2D eigenvalue weighted by molar-refractivity contribution is -0.139. The number of nitrogens with zero attached hydrogens (tertiary/aromatic N) is 2. The van der Waals surface area contributed by atoms with Gasteiger partial charge in [0.1, 0.15) is 65.6 Å². The van der Waals surface area contributed by atoms with Gasteiger partial charge >= 0.3 is 18.0 Å². The molecule has 0 bridgehead atoms. The van der Waals surface area contributed by atoms with E-state index in [1.165, 1.54) is 54.7 Å². The molecule has 4 aromatic rings. The second-order valence-corrected chi connectivity index (χ2v) is 24.5. The molecule has 14 N–H and O–H groups in total. The predicted octanol–water partition coefficient (Wildman–Crippen LogP) is 1.99. The number of aromatic hydroxyl groups is 1. The number of anilines is 2. The van der Waals surface area contributed by atoms with Crippen molar-refractivity contribution in [2.75, 3.05) is 56.7 Å². The summed E-state index contributed by atoms with van der Waals surface area (Å²) in [5, 5.41) is 67.0. The van der Waals surface area contributed by atoms with Crippen LogP contribution in [0.4, 0.5) is 16.2 Å². The number of unbranched alkanes of at least 4 members (excludes halogenated alkanes) is 2. The highest BCUT2D eigenvalue weighted by atomic mass is 32.2. The summed E-state index contributed by atoms with van der Waals surface area (Å²) < 4.78 is 5.19. The number of amides is 9. The van der Waals surface area contributed by atoms with E-state index in [1.54, 1.807) is 78.9 Å². The fraction of sp³-hybridized carbons (Fsp3) is 0.429. The third-order valence-electron chi connectivity index (χ3n) is 14.5. The highest BCUT2D eigenvalue weighted by molar-refractivity contribution is 8.16. The van der Waals surface area contributed by atoms with Gasteiger partial charge in [0.25, 0.3) is 0 Å². The molecule has 4 aromatic carbocycles. The van der Waals surface area contributed by atoms with E-state index in [9.17, 15) is 73.2 Å². The molecule has 0 saturated heterocycles. The zero-order chi connectivity index (χ0) is 67.4. The van der Waals surface area contributed by atoms with Gasteiger partial charge in [0.2, 0.25) is 47.3 Å². The summed E-state index contributed by atoms with van der Waals surface area (Å²) >= 11 is 2.71. The van der Waals surface area contributed by atoms with Gasteiger partial charge in [0.05, 0.1) is 6.61 Å². The summed E-state index contributed by atoms with van der Waals surface area (Å²) in [6.45, 7) is 0.584. The van der Waals surface area contributed by atoms with Crippen LogP contribution in [0.5, 0.6) is 5.75 Å². The summed E-state index contributed by atoms with van der Waals surface area (Å²) in [4.78, 5) is 154. The highest BCUT2D eigenvalue weighted by Crippen LogP contribution is 2.43. The second kappa shape index (κ2) is 37.3. The number of phenols is 1. The maximum absolute atomic E-state index is 14.8. The Morgan fingerprint density at radius 3 is 1.76 bits per heavy atom. The molecule has 8 atom stereocenters. The van der Waals surface area contributed by atoms with Crippen LogP contribution in [-0.2, 0) is 72.1 Å². The van der Waals surface area contributed by atoms with Crippen molar-refractivity contribution in [1.29, 1.82) is 0 Å². The maximum Gasteiger partial charge on any atom is 0.407 e. The van der Waals surface area contributed by atoms with Gasteiger partial charge in [-0.2, -0.15) is 0 Å². The zero-order valence-corrected chi connectivity index (χ0v) is 53.3. The Morgan fingerprint density at radius 2 is 1.18 bits per heavy atom. The van der Waals surface area contributed by atoms with Gasteiger partial charge in [-0.1, -0.05) is 84.6 Å². The van der Waals surface area contributed by atoms with Gasteiger partial charge in [-0.05, 0) is 113 Å². The number of aliphatic hydroxyl groups excluding tert-OH is 1. The number of hydrogen-bond donors (Lipinski definition) is 14. The van der Waals surface area contributed by atoms with Crippen LogP contribution in [0.15, 0.2) is 113 Å². The van der Waals surface area contributed by atoms with Gasteiger partial charge in [0.15, 0.2) is 6.04 Å². The number of hydrogen-bond acceptors (Lipinski definition) is 19. The third kappa shape index (κ3) is 25.0. The van der Waals surface area contributed by atoms with Crippen molar-refractivity contribution in [2.24, 2.45) is 4.99 Å². The third-order valence-corrected chi connectivity index (χ3v) is 17.0.